The van der Waals surface area contributed by atoms with E-state index in [0.29, 0.717) is 53.6 Å². The number of benzene rings is 3. The van der Waals surface area contributed by atoms with Crippen LogP contribution in [0.2, 0.25) is 0 Å². The second-order valence-corrected chi connectivity index (χ2v) is 8.10. The third-order valence-electron chi connectivity index (χ3n) is 6.00. The first-order valence-electron chi connectivity index (χ1n) is 10.8. The predicted molar refractivity (Wildman–Crippen MR) is 127 cm³/mol. The van der Waals surface area contributed by atoms with Gasteiger partial charge in [-0.3, -0.25) is 9.69 Å². The van der Waals surface area contributed by atoms with Gasteiger partial charge in [-0.15, -0.1) is 0 Å². The largest absolute Gasteiger partial charge is 0.493 e. The molecule has 0 atom stereocenters. The Labute approximate surface area is 191 Å². The molecule has 168 valence electrons. The maximum absolute atomic E-state index is 13.4. The van der Waals surface area contributed by atoms with Gasteiger partial charge in [0.05, 0.1) is 30.7 Å². The SMILES string of the molecule is COc1ccc(CN2COc3ccc4c(=O)c(-c5ccccc5)c(C)oc4c3C2)cc1OC. The molecule has 0 fully saturated rings. The molecule has 0 spiro atoms. The van der Waals surface area contributed by atoms with Crippen LogP contribution in [0.15, 0.2) is 69.9 Å². The molecule has 0 N–H and O–H groups in total. The molecule has 0 aliphatic carbocycles. The Morgan fingerprint density at radius 1 is 0.970 bits per heavy atom. The average molecular weight is 443 g/mol. The van der Waals surface area contributed by atoms with E-state index in [0.717, 1.165) is 22.4 Å². The van der Waals surface area contributed by atoms with E-state index in [9.17, 15) is 4.79 Å². The zero-order valence-electron chi connectivity index (χ0n) is 18.9. The molecule has 1 aromatic heterocycles. The third kappa shape index (κ3) is 3.83. The van der Waals surface area contributed by atoms with Crippen LogP contribution in [0.5, 0.6) is 17.2 Å². The fourth-order valence-corrected chi connectivity index (χ4v) is 4.40. The summed E-state index contributed by atoms with van der Waals surface area (Å²) in [6.07, 6.45) is 0. The highest BCUT2D eigenvalue weighted by molar-refractivity contribution is 5.86. The third-order valence-corrected chi connectivity index (χ3v) is 6.00. The average Bonchev–Trinajstić information content (AvgIpc) is 2.84. The number of rotatable bonds is 5. The molecule has 2 heterocycles. The lowest BCUT2D eigenvalue weighted by Gasteiger charge is -2.29. The van der Waals surface area contributed by atoms with Crippen molar-refractivity contribution in [1.29, 1.82) is 0 Å². The molecular formula is C27H25NO5. The Hall–Kier alpha value is -3.77. The van der Waals surface area contributed by atoms with Crippen LogP contribution >= 0.6 is 0 Å². The summed E-state index contributed by atoms with van der Waals surface area (Å²) < 4.78 is 23.0. The van der Waals surface area contributed by atoms with E-state index in [-0.39, 0.29) is 5.43 Å². The van der Waals surface area contributed by atoms with Crippen molar-refractivity contribution < 1.29 is 18.6 Å². The minimum atomic E-state index is -0.0280. The van der Waals surface area contributed by atoms with Gasteiger partial charge in [-0.1, -0.05) is 36.4 Å². The molecule has 33 heavy (non-hydrogen) atoms. The number of hydrogen-bond donors (Lipinski definition) is 0. The summed E-state index contributed by atoms with van der Waals surface area (Å²) in [5.74, 6) is 2.73. The topological polar surface area (TPSA) is 61.1 Å². The summed E-state index contributed by atoms with van der Waals surface area (Å²) in [5, 5.41) is 0.565. The number of hydrogen-bond acceptors (Lipinski definition) is 6. The summed E-state index contributed by atoms with van der Waals surface area (Å²) in [6, 6.07) is 19.2. The zero-order valence-corrected chi connectivity index (χ0v) is 18.9. The van der Waals surface area contributed by atoms with Crippen molar-refractivity contribution in [2.75, 3.05) is 21.0 Å². The molecule has 5 rings (SSSR count). The lowest BCUT2D eigenvalue weighted by atomic mass is 10.0. The molecule has 0 bridgehead atoms. The van der Waals surface area contributed by atoms with E-state index in [1.165, 1.54) is 0 Å². The summed E-state index contributed by atoms with van der Waals surface area (Å²) in [5.41, 5.74) is 3.98. The van der Waals surface area contributed by atoms with Crippen molar-refractivity contribution in [1.82, 2.24) is 4.90 Å². The van der Waals surface area contributed by atoms with Crippen LogP contribution in [0, 0.1) is 6.92 Å². The molecule has 0 unspecified atom stereocenters. The molecule has 0 saturated heterocycles. The summed E-state index contributed by atoms with van der Waals surface area (Å²) >= 11 is 0. The molecule has 3 aromatic carbocycles. The Bertz CT molecular complexity index is 1380. The van der Waals surface area contributed by atoms with E-state index in [2.05, 4.69) is 4.90 Å². The normalized spacial score (nSPS) is 13.4. The minimum Gasteiger partial charge on any atom is -0.493 e. The van der Waals surface area contributed by atoms with Crippen LogP contribution in [0.3, 0.4) is 0 Å². The smallest absolute Gasteiger partial charge is 0.200 e. The van der Waals surface area contributed by atoms with Crippen molar-refractivity contribution in [2.24, 2.45) is 0 Å². The minimum absolute atomic E-state index is 0.0280. The van der Waals surface area contributed by atoms with E-state index < -0.39 is 0 Å². The van der Waals surface area contributed by atoms with Gasteiger partial charge >= 0.3 is 0 Å². The number of ether oxygens (including phenoxy) is 3. The summed E-state index contributed by atoms with van der Waals surface area (Å²) in [7, 11) is 3.25. The standard InChI is InChI=1S/C27H25NO5/c1-17-25(19-7-5-4-6-8-19)26(29)20-10-12-22-21(27(20)33-17)15-28(16-32-22)14-18-9-11-23(30-2)24(13-18)31-3/h4-13H,14-16H2,1-3H3. The number of fused-ring (bicyclic) bond motifs is 3. The van der Waals surface area contributed by atoms with Gasteiger partial charge in [0.2, 0.25) is 5.43 Å². The van der Waals surface area contributed by atoms with Gasteiger partial charge < -0.3 is 18.6 Å². The van der Waals surface area contributed by atoms with Crippen LogP contribution in [-0.2, 0) is 13.1 Å². The molecule has 1 aliphatic rings. The monoisotopic (exact) mass is 443 g/mol. The first kappa shape index (κ1) is 21.1. The number of aryl methyl sites for hydroxylation is 1. The molecular weight excluding hydrogens is 418 g/mol. The molecule has 0 radical (unpaired) electrons. The molecule has 6 nitrogen and oxygen atoms in total. The Balaban J connectivity index is 1.51. The van der Waals surface area contributed by atoms with Crippen LogP contribution in [0.4, 0.5) is 0 Å². The van der Waals surface area contributed by atoms with Crippen molar-refractivity contribution in [3.05, 3.63) is 87.8 Å². The van der Waals surface area contributed by atoms with Gasteiger partial charge in [-0.2, -0.15) is 0 Å². The van der Waals surface area contributed by atoms with Gasteiger partial charge in [-0.25, -0.2) is 0 Å². The van der Waals surface area contributed by atoms with Crippen LogP contribution < -0.4 is 19.6 Å². The maximum Gasteiger partial charge on any atom is 0.200 e. The van der Waals surface area contributed by atoms with Gasteiger partial charge in [0.15, 0.2) is 11.5 Å². The highest BCUT2D eigenvalue weighted by Gasteiger charge is 2.24. The van der Waals surface area contributed by atoms with Gasteiger partial charge in [0, 0.05) is 13.1 Å². The van der Waals surface area contributed by atoms with Crippen molar-refractivity contribution in [2.45, 2.75) is 20.0 Å². The summed E-state index contributed by atoms with van der Waals surface area (Å²) in [6.45, 7) is 3.54. The highest BCUT2D eigenvalue weighted by Crippen LogP contribution is 2.35. The highest BCUT2D eigenvalue weighted by atomic mass is 16.5. The van der Waals surface area contributed by atoms with Crippen molar-refractivity contribution >= 4 is 11.0 Å². The van der Waals surface area contributed by atoms with Crippen molar-refractivity contribution in [3.8, 4) is 28.4 Å². The molecule has 1 aliphatic heterocycles. The van der Waals surface area contributed by atoms with E-state index >= 15 is 0 Å². The van der Waals surface area contributed by atoms with Crippen LogP contribution in [0.1, 0.15) is 16.9 Å². The zero-order chi connectivity index (χ0) is 22.9. The van der Waals surface area contributed by atoms with E-state index in [1.807, 2.05) is 61.5 Å². The lowest BCUT2D eigenvalue weighted by molar-refractivity contribution is 0.0889. The number of methoxy groups -OCH3 is 2. The van der Waals surface area contributed by atoms with Gasteiger partial charge in [-0.05, 0) is 42.3 Å². The molecule has 0 saturated carbocycles. The van der Waals surface area contributed by atoms with E-state index in [4.69, 9.17) is 18.6 Å². The molecule has 4 aromatic rings. The first-order valence-corrected chi connectivity index (χ1v) is 10.8. The first-order chi connectivity index (χ1) is 16.1. The Morgan fingerprint density at radius 3 is 2.52 bits per heavy atom. The van der Waals surface area contributed by atoms with Crippen LogP contribution in [-0.4, -0.2) is 25.9 Å². The summed E-state index contributed by atoms with van der Waals surface area (Å²) in [4.78, 5) is 15.6. The molecule has 6 heteroatoms. The predicted octanol–water partition coefficient (Wildman–Crippen LogP) is 5.14. The fraction of sp³-hybridized carbons (Fsp3) is 0.222. The van der Waals surface area contributed by atoms with E-state index in [1.54, 1.807) is 20.3 Å². The Kier molecular flexibility index (Phi) is 5.52. The van der Waals surface area contributed by atoms with Gasteiger partial charge in [0.25, 0.3) is 0 Å². The molecule has 0 amide bonds. The van der Waals surface area contributed by atoms with Crippen LogP contribution in [0.25, 0.3) is 22.1 Å². The fourth-order valence-electron chi connectivity index (χ4n) is 4.40. The lowest BCUT2D eigenvalue weighted by Crippen LogP contribution is -2.31. The maximum atomic E-state index is 13.4. The number of nitrogens with zero attached hydrogens (tertiary/aromatic N) is 1. The van der Waals surface area contributed by atoms with Gasteiger partial charge in [0.1, 0.15) is 23.8 Å². The quantitative estimate of drug-likeness (QED) is 0.426. The second-order valence-electron chi connectivity index (χ2n) is 8.10. The second kappa shape index (κ2) is 8.64. The Morgan fingerprint density at radius 2 is 1.76 bits per heavy atom. The van der Waals surface area contributed by atoms with Crippen molar-refractivity contribution in [3.63, 3.8) is 0 Å².